The van der Waals surface area contributed by atoms with Gasteiger partial charge in [-0.05, 0) is 48.9 Å². The van der Waals surface area contributed by atoms with Crippen molar-refractivity contribution in [3.05, 3.63) is 90.0 Å². The second kappa shape index (κ2) is 12.1. The van der Waals surface area contributed by atoms with Crippen molar-refractivity contribution in [2.24, 2.45) is 0 Å². The summed E-state index contributed by atoms with van der Waals surface area (Å²) in [6, 6.07) is 22.6. The largest absolute Gasteiger partial charge is 0.497 e. The first kappa shape index (κ1) is 24.3. The number of hydrogen-bond donors (Lipinski definition) is 2. The molecule has 3 rings (SSSR count). The van der Waals surface area contributed by atoms with Crippen LogP contribution in [0.25, 0.3) is 0 Å². The van der Waals surface area contributed by atoms with Gasteiger partial charge >= 0.3 is 5.97 Å². The molecule has 0 radical (unpaired) electrons. The van der Waals surface area contributed by atoms with Gasteiger partial charge in [-0.3, -0.25) is 9.59 Å². The molecule has 0 saturated carbocycles. The lowest BCUT2D eigenvalue weighted by atomic mass is 10.1. The Balaban J connectivity index is 1.49. The maximum Gasteiger partial charge on any atom is 0.344 e. The Bertz CT molecular complexity index is 1120. The number of carbonyl (C=O) groups is 3. The monoisotopic (exact) mass is 462 g/mol. The molecule has 34 heavy (non-hydrogen) atoms. The molecular formula is C26H26N2O6. The number of anilines is 1. The van der Waals surface area contributed by atoms with E-state index in [4.69, 9.17) is 14.2 Å². The van der Waals surface area contributed by atoms with Crippen LogP contribution in [0.4, 0.5) is 5.69 Å². The van der Waals surface area contributed by atoms with E-state index in [0.29, 0.717) is 22.7 Å². The second-order valence-corrected chi connectivity index (χ2v) is 7.32. The van der Waals surface area contributed by atoms with Crippen LogP contribution in [0.15, 0.2) is 78.9 Å². The maximum absolute atomic E-state index is 12.8. The number of hydrogen-bond acceptors (Lipinski definition) is 6. The van der Waals surface area contributed by atoms with Crippen molar-refractivity contribution in [3.8, 4) is 11.5 Å². The fraction of sp³-hybridized carbons (Fsp3) is 0.192. The van der Waals surface area contributed by atoms with Crippen molar-refractivity contribution in [2.45, 2.75) is 13.0 Å². The molecule has 0 spiro atoms. The number of ether oxygens (including phenoxy) is 3. The van der Waals surface area contributed by atoms with Gasteiger partial charge in [-0.15, -0.1) is 0 Å². The summed E-state index contributed by atoms with van der Waals surface area (Å²) in [6.07, 6.45) is 0. The van der Waals surface area contributed by atoms with Crippen LogP contribution >= 0.6 is 0 Å². The van der Waals surface area contributed by atoms with E-state index in [0.717, 1.165) is 5.56 Å². The Morgan fingerprint density at radius 1 is 0.824 bits per heavy atom. The van der Waals surface area contributed by atoms with Crippen molar-refractivity contribution < 1.29 is 28.6 Å². The van der Waals surface area contributed by atoms with Gasteiger partial charge in [0.1, 0.15) is 11.5 Å². The molecule has 0 aliphatic rings. The maximum atomic E-state index is 12.8. The van der Waals surface area contributed by atoms with E-state index in [1.807, 2.05) is 37.3 Å². The number of rotatable bonds is 10. The van der Waals surface area contributed by atoms with Gasteiger partial charge in [0.05, 0.1) is 24.4 Å². The van der Waals surface area contributed by atoms with Crippen LogP contribution < -0.4 is 20.1 Å². The van der Waals surface area contributed by atoms with Gasteiger partial charge in [-0.2, -0.15) is 0 Å². The highest BCUT2D eigenvalue weighted by Gasteiger charge is 2.17. The van der Waals surface area contributed by atoms with E-state index < -0.39 is 18.5 Å². The summed E-state index contributed by atoms with van der Waals surface area (Å²) in [5.41, 5.74) is 1.57. The SMILES string of the molecule is COc1ccc(OCC(=O)OCC(=O)Nc2ccccc2C(=O)NC(C)c2ccccc2)cc1. The van der Waals surface area contributed by atoms with Gasteiger partial charge in [0.2, 0.25) is 0 Å². The first-order chi connectivity index (χ1) is 16.5. The van der Waals surface area contributed by atoms with Gasteiger partial charge in [0, 0.05) is 0 Å². The third kappa shape index (κ3) is 7.09. The zero-order chi connectivity index (χ0) is 24.3. The van der Waals surface area contributed by atoms with Gasteiger partial charge in [-0.1, -0.05) is 42.5 Å². The Morgan fingerprint density at radius 3 is 2.18 bits per heavy atom. The predicted molar refractivity (Wildman–Crippen MR) is 127 cm³/mol. The second-order valence-electron chi connectivity index (χ2n) is 7.32. The van der Waals surface area contributed by atoms with Crippen LogP contribution in [0.5, 0.6) is 11.5 Å². The smallest absolute Gasteiger partial charge is 0.344 e. The molecule has 0 aliphatic heterocycles. The molecule has 0 bridgehead atoms. The zero-order valence-corrected chi connectivity index (χ0v) is 18.9. The molecular weight excluding hydrogens is 436 g/mol. The first-order valence-corrected chi connectivity index (χ1v) is 10.6. The number of nitrogens with one attached hydrogen (secondary N) is 2. The van der Waals surface area contributed by atoms with Gasteiger partial charge in [-0.25, -0.2) is 4.79 Å². The van der Waals surface area contributed by atoms with Crippen LogP contribution in [0.3, 0.4) is 0 Å². The molecule has 0 fully saturated rings. The van der Waals surface area contributed by atoms with Gasteiger partial charge in [0.15, 0.2) is 13.2 Å². The first-order valence-electron chi connectivity index (χ1n) is 10.6. The van der Waals surface area contributed by atoms with Crippen LogP contribution in [-0.2, 0) is 14.3 Å². The van der Waals surface area contributed by atoms with Crippen molar-refractivity contribution >= 4 is 23.5 Å². The highest BCUT2D eigenvalue weighted by Crippen LogP contribution is 2.18. The number of esters is 1. The Labute approximate surface area is 197 Å². The summed E-state index contributed by atoms with van der Waals surface area (Å²) in [5.74, 6) is -0.484. The minimum atomic E-state index is -0.700. The fourth-order valence-electron chi connectivity index (χ4n) is 3.08. The number of carbonyl (C=O) groups excluding carboxylic acids is 3. The lowest BCUT2D eigenvalue weighted by Crippen LogP contribution is -2.29. The van der Waals surface area contributed by atoms with Crippen LogP contribution in [0.2, 0.25) is 0 Å². The summed E-state index contributed by atoms with van der Waals surface area (Å²) in [4.78, 5) is 37.0. The van der Waals surface area contributed by atoms with E-state index in [1.165, 1.54) is 0 Å². The van der Waals surface area contributed by atoms with Crippen LogP contribution in [0.1, 0.15) is 28.9 Å². The predicted octanol–water partition coefficient (Wildman–Crippen LogP) is 3.75. The van der Waals surface area contributed by atoms with Crippen LogP contribution in [-0.4, -0.2) is 38.1 Å². The number of methoxy groups -OCH3 is 1. The summed E-state index contributed by atoms with van der Waals surface area (Å²) in [5, 5.41) is 5.53. The normalized spacial score (nSPS) is 11.1. The van der Waals surface area contributed by atoms with Crippen molar-refractivity contribution in [3.63, 3.8) is 0 Å². The van der Waals surface area contributed by atoms with Gasteiger partial charge in [0.25, 0.3) is 11.8 Å². The highest BCUT2D eigenvalue weighted by molar-refractivity contribution is 6.04. The van der Waals surface area contributed by atoms with E-state index >= 15 is 0 Å². The molecule has 0 aromatic heterocycles. The average Bonchev–Trinajstić information content (AvgIpc) is 2.87. The quantitative estimate of drug-likeness (QED) is 0.445. The average molecular weight is 463 g/mol. The van der Waals surface area contributed by atoms with Crippen molar-refractivity contribution in [1.82, 2.24) is 5.32 Å². The molecule has 2 amide bonds. The van der Waals surface area contributed by atoms with Gasteiger partial charge < -0.3 is 24.8 Å². The molecule has 8 nitrogen and oxygen atoms in total. The molecule has 3 aromatic rings. The molecule has 0 heterocycles. The van der Waals surface area contributed by atoms with E-state index in [9.17, 15) is 14.4 Å². The minimum Gasteiger partial charge on any atom is -0.497 e. The third-order valence-corrected chi connectivity index (χ3v) is 4.87. The lowest BCUT2D eigenvalue weighted by molar-refractivity contribution is -0.149. The molecule has 8 heteroatoms. The van der Waals surface area contributed by atoms with Crippen LogP contribution in [0, 0.1) is 0 Å². The van der Waals surface area contributed by atoms with E-state index in [-0.39, 0.29) is 18.6 Å². The number of amides is 2. The summed E-state index contributed by atoms with van der Waals surface area (Å²) in [6.45, 7) is 1.01. The standard InChI is InChI=1S/C26H26N2O6/c1-18(19-8-4-3-5-9-19)27-26(31)22-10-6-7-11-23(22)28-24(29)16-34-25(30)17-33-21-14-12-20(32-2)13-15-21/h3-15,18H,16-17H2,1-2H3,(H,27,31)(H,28,29). The number of para-hydroxylation sites is 1. The Hall–Kier alpha value is -4.33. The summed E-state index contributed by atoms with van der Waals surface area (Å²) >= 11 is 0. The van der Waals surface area contributed by atoms with Crippen molar-refractivity contribution in [2.75, 3.05) is 25.6 Å². The van der Waals surface area contributed by atoms with E-state index in [2.05, 4.69) is 10.6 Å². The summed E-state index contributed by atoms with van der Waals surface area (Å²) in [7, 11) is 1.55. The minimum absolute atomic E-state index is 0.218. The molecule has 2 N–H and O–H groups in total. The van der Waals surface area contributed by atoms with E-state index in [1.54, 1.807) is 55.6 Å². The van der Waals surface area contributed by atoms with Crippen molar-refractivity contribution in [1.29, 1.82) is 0 Å². The molecule has 1 unspecified atom stereocenters. The summed E-state index contributed by atoms with van der Waals surface area (Å²) < 4.78 is 15.3. The highest BCUT2D eigenvalue weighted by atomic mass is 16.6. The molecule has 0 aliphatic carbocycles. The lowest BCUT2D eigenvalue weighted by Gasteiger charge is -2.16. The number of benzene rings is 3. The Morgan fingerprint density at radius 2 is 1.47 bits per heavy atom. The fourth-order valence-corrected chi connectivity index (χ4v) is 3.08. The zero-order valence-electron chi connectivity index (χ0n) is 18.9. The molecule has 1 atom stereocenters. The Kier molecular flexibility index (Phi) is 8.62. The molecule has 3 aromatic carbocycles. The molecule has 0 saturated heterocycles. The third-order valence-electron chi connectivity index (χ3n) is 4.87. The topological polar surface area (TPSA) is 103 Å². The molecule has 176 valence electrons.